The minimum atomic E-state index is 0.0882. The molecule has 0 aliphatic carbocycles. The largest absolute Gasteiger partial charge is 0.492 e. The molecule has 0 unspecified atom stereocenters. The number of likely N-dealkylation sites (tertiary alicyclic amines) is 1. The van der Waals surface area contributed by atoms with Crippen molar-refractivity contribution in [2.75, 3.05) is 31.6 Å². The fraction of sp³-hybridized carbons (Fsp3) is 0.350. The molecule has 1 saturated heterocycles. The molecule has 0 bridgehead atoms. The van der Waals surface area contributed by atoms with Gasteiger partial charge in [-0.3, -0.25) is 9.69 Å². The highest BCUT2D eigenvalue weighted by atomic mass is 35.5. The first kappa shape index (κ1) is 17.8. The standard InChI is InChI=1S/C20H23ClN2O2/c21-17-5-4-8-19(15-17)25-14-13-23-11-9-16(10-12-23)20(24)22-18-6-2-1-3-7-18/h1-8,15-16H,9-14H2,(H,22,24). The van der Waals surface area contributed by atoms with Crippen molar-refractivity contribution in [3.8, 4) is 5.75 Å². The zero-order valence-corrected chi connectivity index (χ0v) is 14.9. The van der Waals surface area contributed by atoms with Crippen molar-refractivity contribution in [2.45, 2.75) is 12.8 Å². The van der Waals surface area contributed by atoms with E-state index in [1.807, 2.05) is 54.6 Å². The molecule has 0 atom stereocenters. The predicted octanol–water partition coefficient (Wildman–Crippen LogP) is 4.07. The predicted molar refractivity (Wildman–Crippen MR) is 101 cm³/mol. The van der Waals surface area contributed by atoms with Crippen molar-refractivity contribution in [1.29, 1.82) is 0 Å². The fourth-order valence-electron chi connectivity index (χ4n) is 3.03. The van der Waals surface area contributed by atoms with E-state index < -0.39 is 0 Å². The van der Waals surface area contributed by atoms with Crippen LogP contribution in [0, 0.1) is 5.92 Å². The summed E-state index contributed by atoms with van der Waals surface area (Å²) in [7, 11) is 0. The van der Waals surface area contributed by atoms with E-state index in [1.165, 1.54) is 0 Å². The molecule has 1 fully saturated rings. The quantitative estimate of drug-likeness (QED) is 0.846. The van der Waals surface area contributed by atoms with Crippen molar-refractivity contribution in [3.05, 3.63) is 59.6 Å². The van der Waals surface area contributed by atoms with Gasteiger partial charge in [-0.2, -0.15) is 0 Å². The molecule has 0 spiro atoms. The zero-order chi connectivity index (χ0) is 17.5. The Hall–Kier alpha value is -2.04. The summed E-state index contributed by atoms with van der Waals surface area (Å²) in [5.74, 6) is 1.01. The molecule has 0 saturated carbocycles. The van der Waals surface area contributed by atoms with Crippen LogP contribution in [-0.4, -0.2) is 37.0 Å². The van der Waals surface area contributed by atoms with Crippen LogP contribution >= 0.6 is 11.6 Å². The molecule has 4 nitrogen and oxygen atoms in total. The molecule has 1 aliphatic heterocycles. The Bertz CT molecular complexity index is 685. The number of halogens is 1. The molecule has 0 aromatic heterocycles. The number of para-hydroxylation sites is 1. The van der Waals surface area contributed by atoms with Crippen LogP contribution in [0.1, 0.15) is 12.8 Å². The van der Waals surface area contributed by atoms with E-state index in [9.17, 15) is 4.79 Å². The minimum Gasteiger partial charge on any atom is -0.492 e. The third-order valence-electron chi connectivity index (χ3n) is 4.47. The van der Waals surface area contributed by atoms with Gasteiger partial charge in [0.15, 0.2) is 0 Å². The van der Waals surface area contributed by atoms with Crippen molar-refractivity contribution >= 4 is 23.2 Å². The van der Waals surface area contributed by atoms with E-state index in [0.717, 1.165) is 43.9 Å². The number of nitrogens with zero attached hydrogens (tertiary/aromatic N) is 1. The molecule has 2 aromatic carbocycles. The van der Waals surface area contributed by atoms with Gasteiger partial charge in [-0.25, -0.2) is 0 Å². The van der Waals surface area contributed by atoms with Crippen LogP contribution in [0.2, 0.25) is 5.02 Å². The highest BCUT2D eigenvalue weighted by Crippen LogP contribution is 2.20. The van der Waals surface area contributed by atoms with Gasteiger partial charge in [0.1, 0.15) is 12.4 Å². The molecule has 5 heteroatoms. The second kappa shape index (κ2) is 8.88. The van der Waals surface area contributed by atoms with E-state index in [-0.39, 0.29) is 11.8 Å². The monoisotopic (exact) mass is 358 g/mol. The number of benzene rings is 2. The topological polar surface area (TPSA) is 41.6 Å². The Morgan fingerprint density at radius 2 is 1.88 bits per heavy atom. The lowest BCUT2D eigenvalue weighted by Crippen LogP contribution is -2.39. The average Bonchev–Trinajstić information content (AvgIpc) is 2.63. The SMILES string of the molecule is O=C(Nc1ccccc1)C1CCN(CCOc2cccc(Cl)c2)CC1. The van der Waals surface area contributed by atoms with Crippen molar-refractivity contribution in [1.82, 2.24) is 4.90 Å². The molecule has 25 heavy (non-hydrogen) atoms. The van der Waals surface area contributed by atoms with Crippen molar-refractivity contribution in [3.63, 3.8) is 0 Å². The first-order valence-corrected chi connectivity index (χ1v) is 9.05. The summed E-state index contributed by atoms with van der Waals surface area (Å²) in [6, 6.07) is 17.1. The Morgan fingerprint density at radius 1 is 1.12 bits per heavy atom. The number of piperidine rings is 1. The molecule has 132 valence electrons. The summed E-state index contributed by atoms with van der Waals surface area (Å²) in [4.78, 5) is 14.7. The van der Waals surface area contributed by atoms with Crippen molar-refractivity contribution in [2.24, 2.45) is 5.92 Å². The smallest absolute Gasteiger partial charge is 0.227 e. The van der Waals surface area contributed by atoms with Gasteiger partial charge in [0.05, 0.1) is 0 Å². The Labute approximate surface area is 153 Å². The number of nitrogens with one attached hydrogen (secondary N) is 1. The first-order chi connectivity index (χ1) is 12.2. The van der Waals surface area contributed by atoms with Crippen LogP contribution in [0.3, 0.4) is 0 Å². The maximum absolute atomic E-state index is 12.3. The number of carbonyl (C=O) groups excluding carboxylic acids is 1. The number of hydrogen-bond acceptors (Lipinski definition) is 3. The van der Waals surface area contributed by atoms with Gasteiger partial charge in [0.2, 0.25) is 5.91 Å². The van der Waals surface area contributed by atoms with Gasteiger partial charge >= 0.3 is 0 Å². The molecule has 1 heterocycles. The third-order valence-corrected chi connectivity index (χ3v) is 4.71. The lowest BCUT2D eigenvalue weighted by molar-refractivity contribution is -0.121. The number of ether oxygens (including phenoxy) is 1. The maximum atomic E-state index is 12.3. The van der Waals surface area contributed by atoms with E-state index in [0.29, 0.717) is 11.6 Å². The van der Waals surface area contributed by atoms with Gasteiger partial charge in [-0.1, -0.05) is 35.9 Å². The molecule has 1 N–H and O–H groups in total. The summed E-state index contributed by atoms with van der Waals surface area (Å²) in [5, 5.41) is 3.68. The van der Waals surface area contributed by atoms with Crippen LogP contribution in [0.4, 0.5) is 5.69 Å². The second-order valence-corrected chi connectivity index (χ2v) is 6.71. The van der Waals surface area contributed by atoms with Crippen LogP contribution in [0.5, 0.6) is 5.75 Å². The lowest BCUT2D eigenvalue weighted by Gasteiger charge is -2.31. The summed E-state index contributed by atoms with van der Waals surface area (Å²) in [6.07, 6.45) is 1.77. The van der Waals surface area contributed by atoms with Crippen LogP contribution < -0.4 is 10.1 Å². The molecule has 1 amide bonds. The third kappa shape index (κ3) is 5.48. The number of amides is 1. The van der Waals surface area contributed by atoms with E-state index in [4.69, 9.17) is 16.3 Å². The Morgan fingerprint density at radius 3 is 2.60 bits per heavy atom. The zero-order valence-electron chi connectivity index (χ0n) is 14.2. The highest BCUT2D eigenvalue weighted by molar-refractivity contribution is 6.30. The van der Waals surface area contributed by atoms with Crippen LogP contribution in [0.15, 0.2) is 54.6 Å². The number of rotatable bonds is 6. The molecular weight excluding hydrogens is 336 g/mol. The van der Waals surface area contributed by atoms with Gasteiger partial charge in [-0.05, 0) is 56.3 Å². The normalized spacial score (nSPS) is 15.7. The Balaban J connectivity index is 1.37. The number of carbonyl (C=O) groups is 1. The average molecular weight is 359 g/mol. The van der Waals surface area contributed by atoms with E-state index in [1.54, 1.807) is 0 Å². The minimum absolute atomic E-state index is 0.0882. The fourth-order valence-corrected chi connectivity index (χ4v) is 3.21. The first-order valence-electron chi connectivity index (χ1n) is 8.67. The molecule has 0 radical (unpaired) electrons. The van der Waals surface area contributed by atoms with E-state index >= 15 is 0 Å². The van der Waals surface area contributed by atoms with Crippen molar-refractivity contribution < 1.29 is 9.53 Å². The highest BCUT2D eigenvalue weighted by Gasteiger charge is 2.24. The summed E-state index contributed by atoms with van der Waals surface area (Å²) >= 11 is 5.95. The maximum Gasteiger partial charge on any atom is 0.227 e. The summed E-state index contributed by atoms with van der Waals surface area (Å²) in [5.41, 5.74) is 0.866. The number of anilines is 1. The van der Waals surface area contributed by atoms with Crippen LogP contribution in [-0.2, 0) is 4.79 Å². The summed E-state index contributed by atoms with van der Waals surface area (Å²) < 4.78 is 5.74. The molecule has 3 rings (SSSR count). The molecule has 2 aromatic rings. The Kier molecular flexibility index (Phi) is 6.31. The summed E-state index contributed by atoms with van der Waals surface area (Å²) in [6.45, 7) is 3.33. The molecule has 1 aliphatic rings. The van der Waals surface area contributed by atoms with Gasteiger partial charge < -0.3 is 10.1 Å². The molecular formula is C20H23ClN2O2. The van der Waals surface area contributed by atoms with Crippen LogP contribution in [0.25, 0.3) is 0 Å². The van der Waals surface area contributed by atoms with Gasteiger partial charge in [-0.15, -0.1) is 0 Å². The number of hydrogen-bond donors (Lipinski definition) is 1. The van der Waals surface area contributed by atoms with Gasteiger partial charge in [0, 0.05) is 23.2 Å². The van der Waals surface area contributed by atoms with E-state index in [2.05, 4.69) is 10.2 Å². The second-order valence-electron chi connectivity index (χ2n) is 6.28. The lowest BCUT2D eigenvalue weighted by atomic mass is 9.96. The van der Waals surface area contributed by atoms with Gasteiger partial charge in [0.25, 0.3) is 0 Å².